The number of nitrogens with one attached hydrogen (secondary N) is 1. The predicted octanol–water partition coefficient (Wildman–Crippen LogP) is 5.03. The third-order valence-electron chi connectivity index (χ3n) is 3.57. The summed E-state index contributed by atoms with van der Waals surface area (Å²) >= 11 is 3.13. The monoisotopic (exact) mass is 342 g/mol. The summed E-state index contributed by atoms with van der Waals surface area (Å²) in [6.07, 6.45) is 0. The van der Waals surface area contributed by atoms with Gasteiger partial charge in [0, 0.05) is 5.69 Å². The zero-order valence-electron chi connectivity index (χ0n) is 13.3. The number of rotatable bonds is 4. The zero-order valence-corrected chi connectivity index (χ0v) is 14.9. The number of fused-ring (bicyclic) bond motifs is 1. The number of para-hydroxylation sites is 1. The van der Waals surface area contributed by atoms with E-state index in [1.165, 1.54) is 11.8 Å². The number of hydrogen-bond acceptors (Lipinski definition) is 4. The van der Waals surface area contributed by atoms with Gasteiger partial charge in [-0.1, -0.05) is 36.0 Å². The third-order valence-corrected chi connectivity index (χ3v) is 5.80. The lowest BCUT2D eigenvalue weighted by atomic mass is 10.1. The van der Waals surface area contributed by atoms with Crippen LogP contribution in [0.25, 0.3) is 10.2 Å². The van der Waals surface area contributed by atoms with E-state index < -0.39 is 0 Å². The van der Waals surface area contributed by atoms with Crippen LogP contribution in [0.15, 0.2) is 46.8 Å². The van der Waals surface area contributed by atoms with Crippen molar-refractivity contribution in [2.24, 2.45) is 0 Å². The van der Waals surface area contributed by atoms with Crippen LogP contribution in [-0.2, 0) is 4.79 Å². The average molecular weight is 342 g/mol. The Morgan fingerprint density at radius 3 is 2.78 bits per heavy atom. The maximum Gasteiger partial charge on any atom is 0.237 e. The molecule has 0 fully saturated rings. The summed E-state index contributed by atoms with van der Waals surface area (Å²) in [7, 11) is 0. The molecule has 0 aliphatic heterocycles. The minimum atomic E-state index is -0.199. The number of hydrogen-bond donors (Lipinski definition) is 1. The van der Waals surface area contributed by atoms with Crippen molar-refractivity contribution in [1.29, 1.82) is 0 Å². The van der Waals surface area contributed by atoms with Crippen LogP contribution in [0.5, 0.6) is 0 Å². The van der Waals surface area contributed by atoms with Crippen LogP contribution in [0.1, 0.15) is 18.1 Å². The van der Waals surface area contributed by atoms with Crippen LogP contribution in [0.4, 0.5) is 5.69 Å². The van der Waals surface area contributed by atoms with Crippen molar-refractivity contribution in [2.45, 2.75) is 30.4 Å². The molecule has 0 spiro atoms. The molecule has 0 aliphatic carbocycles. The maximum absolute atomic E-state index is 12.4. The number of benzene rings is 2. The standard InChI is InChI=1S/C18H18N2OS2/c1-11-8-9-12(2)15(10-11)19-17(21)13(3)22-18-20-14-6-4-5-7-16(14)23-18/h4-10,13H,1-3H3,(H,19,21). The van der Waals surface area contributed by atoms with Gasteiger partial charge in [0.1, 0.15) is 0 Å². The average Bonchev–Trinajstić information content (AvgIpc) is 2.93. The first-order valence-corrected chi connectivity index (χ1v) is 9.13. The number of amides is 1. The van der Waals surface area contributed by atoms with Crippen LogP contribution in [0.3, 0.4) is 0 Å². The Balaban J connectivity index is 1.71. The number of carbonyl (C=O) groups excluding carboxylic acids is 1. The Bertz CT molecular complexity index is 824. The topological polar surface area (TPSA) is 42.0 Å². The Morgan fingerprint density at radius 2 is 2.00 bits per heavy atom. The van der Waals surface area contributed by atoms with Gasteiger partial charge in [0.25, 0.3) is 0 Å². The quantitative estimate of drug-likeness (QED) is 0.676. The van der Waals surface area contributed by atoms with Crippen LogP contribution in [0.2, 0.25) is 0 Å². The van der Waals surface area contributed by atoms with E-state index in [0.29, 0.717) is 0 Å². The first-order valence-electron chi connectivity index (χ1n) is 7.43. The van der Waals surface area contributed by atoms with Gasteiger partial charge in [0.15, 0.2) is 4.34 Å². The molecule has 1 aromatic heterocycles. The highest BCUT2D eigenvalue weighted by molar-refractivity contribution is 8.02. The number of nitrogens with zero attached hydrogens (tertiary/aromatic N) is 1. The Hall–Kier alpha value is -1.85. The molecule has 1 N–H and O–H groups in total. The molecule has 3 aromatic rings. The second-order valence-electron chi connectivity index (χ2n) is 5.52. The molecule has 0 radical (unpaired) electrons. The second-order valence-corrected chi connectivity index (χ2v) is 8.13. The molecule has 3 rings (SSSR count). The molecule has 0 bridgehead atoms. The van der Waals surface area contributed by atoms with Crippen molar-refractivity contribution in [2.75, 3.05) is 5.32 Å². The molecular weight excluding hydrogens is 324 g/mol. The first kappa shape index (κ1) is 16.0. The van der Waals surface area contributed by atoms with E-state index in [1.807, 2.05) is 57.2 Å². The lowest BCUT2D eigenvalue weighted by Crippen LogP contribution is -2.22. The van der Waals surface area contributed by atoms with Crippen molar-refractivity contribution < 1.29 is 4.79 Å². The number of anilines is 1. The van der Waals surface area contributed by atoms with Crippen molar-refractivity contribution >= 4 is 44.9 Å². The summed E-state index contributed by atoms with van der Waals surface area (Å²) in [6, 6.07) is 14.1. The number of carbonyl (C=O) groups is 1. The van der Waals surface area contributed by atoms with E-state index in [9.17, 15) is 4.79 Å². The van der Waals surface area contributed by atoms with E-state index in [0.717, 1.165) is 31.4 Å². The molecule has 2 aromatic carbocycles. The fourth-order valence-electron chi connectivity index (χ4n) is 2.21. The minimum Gasteiger partial charge on any atom is -0.325 e. The van der Waals surface area contributed by atoms with Gasteiger partial charge in [-0.3, -0.25) is 4.79 Å². The number of aromatic nitrogens is 1. The minimum absolute atomic E-state index is 0.00274. The fourth-order valence-corrected chi connectivity index (χ4v) is 4.42. The largest absolute Gasteiger partial charge is 0.325 e. The Kier molecular flexibility index (Phi) is 4.68. The molecule has 118 valence electrons. The Labute approximate surface area is 144 Å². The normalized spacial score (nSPS) is 12.3. The van der Waals surface area contributed by atoms with Gasteiger partial charge in [-0.15, -0.1) is 11.3 Å². The smallest absolute Gasteiger partial charge is 0.237 e. The van der Waals surface area contributed by atoms with Gasteiger partial charge in [-0.25, -0.2) is 4.98 Å². The molecule has 0 saturated carbocycles. The summed E-state index contributed by atoms with van der Waals surface area (Å²) in [5.74, 6) is 0.00274. The van der Waals surface area contributed by atoms with Crippen LogP contribution in [-0.4, -0.2) is 16.1 Å². The molecule has 1 amide bonds. The van der Waals surface area contributed by atoms with Gasteiger partial charge >= 0.3 is 0 Å². The van der Waals surface area contributed by atoms with E-state index in [2.05, 4.69) is 16.4 Å². The van der Waals surface area contributed by atoms with Crippen molar-refractivity contribution in [3.8, 4) is 0 Å². The van der Waals surface area contributed by atoms with Crippen molar-refractivity contribution in [3.63, 3.8) is 0 Å². The van der Waals surface area contributed by atoms with E-state index in [4.69, 9.17) is 0 Å². The summed E-state index contributed by atoms with van der Waals surface area (Å²) in [5, 5.41) is 2.82. The first-order chi connectivity index (χ1) is 11.0. The molecule has 1 atom stereocenters. The second kappa shape index (κ2) is 6.72. The van der Waals surface area contributed by atoms with Crippen LogP contribution < -0.4 is 5.32 Å². The highest BCUT2D eigenvalue weighted by atomic mass is 32.2. The highest BCUT2D eigenvalue weighted by Crippen LogP contribution is 2.32. The van der Waals surface area contributed by atoms with Gasteiger partial charge < -0.3 is 5.32 Å². The molecule has 23 heavy (non-hydrogen) atoms. The van der Waals surface area contributed by atoms with E-state index in [-0.39, 0.29) is 11.2 Å². The fraction of sp³-hybridized carbons (Fsp3) is 0.222. The summed E-state index contributed by atoms with van der Waals surface area (Å²) in [4.78, 5) is 17.0. The molecule has 3 nitrogen and oxygen atoms in total. The predicted molar refractivity (Wildman–Crippen MR) is 99.5 cm³/mol. The molecule has 0 saturated heterocycles. The van der Waals surface area contributed by atoms with Gasteiger partial charge in [-0.05, 0) is 50.1 Å². The molecular formula is C18H18N2OS2. The lowest BCUT2D eigenvalue weighted by molar-refractivity contribution is -0.115. The van der Waals surface area contributed by atoms with Gasteiger partial charge in [-0.2, -0.15) is 0 Å². The van der Waals surface area contributed by atoms with Crippen molar-refractivity contribution in [3.05, 3.63) is 53.6 Å². The summed E-state index contributed by atoms with van der Waals surface area (Å²) in [5.41, 5.74) is 4.08. The van der Waals surface area contributed by atoms with Crippen LogP contribution >= 0.6 is 23.1 Å². The number of aryl methyl sites for hydroxylation is 2. The number of thioether (sulfide) groups is 1. The van der Waals surface area contributed by atoms with Crippen molar-refractivity contribution in [1.82, 2.24) is 4.98 Å². The third kappa shape index (κ3) is 3.74. The van der Waals surface area contributed by atoms with Gasteiger partial charge in [0.05, 0.1) is 15.5 Å². The van der Waals surface area contributed by atoms with Crippen LogP contribution in [0, 0.1) is 13.8 Å². The number of thiazole rings is 1. The lowest BCUT2D eigenvalue weighted by Gasteiger charge is -2.13. The summed E-state index contributed by atoms with van der Waals surface area (Å²) < 4.78 is 2.08. The van der Waals surface area contributed by atoms with E-state index in [1.54, 1.807) is 11.3 Å². The zero-order chi connectivity index (χ0) is 16.4. The van der Waals surface area contributed by atoms with E-state index >= 15 is 0 Å². The molecule has 1 heterocycles. The SMILES string of the molecule is Cc1ccc(C)c(NC(=O)C(C)Sc2nc3ccccc3s2)c1. The summed E-state index contributed by atoms with van der Waals surface area (Å²) in [6.45, 7) is 5.94. The Morgan fingerprint density at radius 1 is 1.22 bits per heavy atom. The highest BCUT2D eigenvalue weighted by Gasteiger charge is 2.17. The molecule has 1 unspecified atom stereocenters. The molecule has 5 heteroatoms. The van der Waals surface area contributed by atoms with Gasteiger partial charge in [0.2, 0.25) is 5.91 Å². The molecule has 0 aliphatic rings. The maximum atomic E-state index is 12.4.